The van der Waals surface area contributed by atoms with E-state index >= 15 is 0 Å². The highest BCUT2D eigenvalue weighted by atomic mass is 16.5. The number of aryl methyl sites for hydroxylation is 1. The molecule has 0 bridgehead atoms. The Bertz CT molecular complexity index is 1140. The van der Waals surface area contributed by atoms with E-state index in [1.807, 2.05) is 0 Å². The number of nitrogens with one attached hydrogen (secondary N) is 1. The van der Waals surface area contributed by atoms with Crippen LogP contribution in [-0.2, 0) is 20.8 Å². The number of fused-ring (bicyclic) bond motifs is 3. The van der Waals surface area contributed by atoms with Gasteiger partial charge >= 0.3 is 0 Å². The Morgan fingerprint density at radius 1 is 0.971 bits per heavy atom. The monoisotopic (exact) mass is 491 g/mol. The second-order valence-electron chi connectivity index (χ2n) is 7.42. The second kappa shape index (κ2) is 12.8. The molecule has 5 N–H and O–H groups in total. The summed E-state index contributed by atoms with van der Waals surface area (Å²) in [6, 6.07) is 5.75. The third-order valence-corrected chi connectivity index (χ3v) is 4.71. The Morgan fingerprint density at radius 2 is 1.54 bits per heavy atom. The van der Waals surface area contributed by atoms with Gasteiger partial charge in [-0.05, 0) is 47.7 Å². The number of ether oxygens (including phenoxy) is 2. The molecule has 3 rings (SSSR count). The van der Waals surface area contributed by atoms with Gasteiger partial charge in [0.05, 0.1) is 20.3 Å². The number of rotatable bonds is 3. The van der Waals surface area contributed by atoms with Crippen LogP contribution in [0, 0.1) is 0 Å². The average molecular weight is 491 g/mol. The standard InChI is InChI=1S/C20H21NO6.2C2H4O2/c1-10(22)21-14-6-4-11-8-16(24)19(25)20(27-3)18(11)12-5-7-17(26-2)15(23)9-13(12)14;2*1-2(3)4/h5,7-9,14,24-25H,4,6H2,1-3H3,(H,21,22);2*1H3,(H,3,4)/t14-;;/m0../s1. The summed E-state index contributed by atoms with van der Waals surface area (Å²) in [6.45, 7) is 3.58. The first-order chi connectivity index (χ1) is 16.3. The molecule has 0 saturated heterocycles. The van der Waals surface area contributed by atoms with Crippen molar-refractivity contribution >= 4 is 17.8 Å². The van der Waals surface area contributed by atoms with E-state index in [4.69, 9.17) is 29.3 Å². The molecule has 11 heteroatoms. The number of phenols is 2. The van der Waals surface area contributed by atoms with Gasteiger partial charge in [-0.3, -0.25) is 19.2 Å². The summed E-state index contributed by atoms with van der Waals surface area (Å²) in [5, 5.41) is 38.0. The number of aromatic hydroxyl groups is 2. The zero-order valence-corrected chi connectivity index (χ0v) is 20.0. The van der Waals surface area contributed by atoms with Gasteiger partial charge in [0, 0.05) is 26.3 Å². The molecule has 0 heterocycles. The lowest BCUT2D eigenvalue weighted by Gasteiger charge is -2.18. The van der Waals surface area contributed by atoms with Crippen molar-refractivity contribution in [2.24, 2.45) is 0 Å². The molecule has 35 heavy (non-hydrogen) atoms. The number of carbonyl (C=O) groups is 3. The highest BCUT2D eigenvalue weighted by Gasteiger charge is 2.28. The zero-order chi connectivity index (χ0) is 26.9. The van der Waals surface area contributed by atoms with E-state index in [0.717, 1.165) is 19.4 Å². The van der Waals surface area contributed by atoms with Gasteiger partial charge in [-0.1, -0.05) is 6.07 Å². The number of carbonyl (C=O) groups excluding carboxylic acids is 1. The summed E-state index contributed by atoms with van der Waals surface area (Å²) in [6.07, 6.45) is 1.02. The van der Waals surface area contributed by atoms with Gasteiger partial charge in [0.1, 0.15) is 0 Å². The van der Waals surface area contributed by atoms with Gasteiger partial charge in [-0.25, -0.2) is 0 Å². The smallest absolute Gasteiger partial charge is 0.300 e. The molecule has 1 aliphatic carbocycles. The minimum Gasteiger partial charge on any atom is -0.504 e. The lowest BCUT2D eigenvalue weighted by Crippen LogP contribution is -2.26. The highest BCUT2D eigenvalue weighted by Crippen LogP contribution is 2.49. The van der Waals surface area contributed by atoms with E-state index in [1.54, 1.807) is 12.1 Å². The topological polar surface area (TPSA) is 180 Å². The molecule has 2 aromatic rings. The van der Waals surface area contributed by atoms with Crippen LogP contribution < -0.4 is 20.2 Å². The molecule has 0 aromatic heterocycles. The zero-order valence-electron chi connectivity index (χ0n) is 20.0. The normalized spacial score (nSPS) is 13.1. The lowest BCUT2D eigenvalue weighted by molar-refractivity contribution is -0.135. The predicted molar refractivity (Wildman–Crippen MR) is 126 cm³/mol. The maximum atomic E-state index is 12.5. The number of carboxylic acids is 2. The molecule has 2 aromatic carbocycles. The number of carboxylic acid groups (broad SMARTS) is 2. The van der Waals surface area contributed by atoms with Crippen LogP contribution in [0.2, 0.25) is 0 Å². The fourth-order valence-electron chi connectivity index (χ4n) is 3.54. The largest absolute Gasteiger partial charge is 0.504 e. The van der Waals surface area contributed by atoms with Crippen LogP contribution in [0.1, 0.15) is 44.4 Å². The number of aliphatic carboxylic acids is 2. The SMILES string of the molecule is CC(=O)O.CC(=O)O.COc1c(O)c(O)cc2c1-c1ccc(OC)c(=O)cc1[C@@H](NC(C)=O)CC2. The van der Waals surface area contributed by atoms with Crippen LogP contribution in [0.25, 0.3) is 11.1 Å². The summed E-state index contributed by atoms with van der Waals surface area (Å²) in [7, 11) is 2.80. The van der Waals surface area contributed by atoms with E-state index in [1.165, 1.54) is 33.3 Å². The average Bonchev–Trinajstić information content (AvgIpc) is 2.97. The second-order valence-corrected chi connectivity index (χ2v) is 7.42. The van der Waals surface area contributed by atoms with E-state index < -0.39 is 18.0 Å². The molecule has 1 atom stereocenters. The Morgan fingerprint density at radius 3 is 2.03 bits per heavy atom. The quantitative estimate of drug-likeness (QED) is 0.400. The van der Waals surface area contributed by atoms with Crippen molar-refractivity contribution in [1.29, 1.82) is 0 Å². The number of methoxy groups -OCH3 is 2. The van der Waals surface area contributed by atoms with Crippen molar-refractivity contribution in [3.8, 4) is 34.1 Å². The van der Waals surface area contributed by atoms with Gasteiger partial charge in [0.15, 0.2) is 17.2 Å². The van der Waals surface area contributed by atoms with Crippen molar-refractivity contribution in [2.45, 2.75) is 39.7 Å². The van der Waals surface area contributed by atoms with Crippen molar-refractivity contribution < 1.29 is 44.3 Å². The van der Waals surface area contributed by atoms with E-state index in [9.17, 15) is 19.8 Å². The molecule has 190 valence electrons. The molecular weight excluding hydrogens is 462 g/mol. The van der Waals surface area contributed by atoms with E-state index in [2.05, 4.69) is 5.32 Å². The van der Waals surface area contributed by atoms with Crippen LogP contribution in [0.5, 0.6) is 23.0 Å². The maximum Gasteiger partial charge on any atom is 0.300 e. The molecule has 1 amide bonds. The summed E-state index contributed by atoms with van der Waals surface area (Å²) < 4.78 is 10.5. The van der Waals surface area contributed by atoms with Gasteiger partial charge < -0.3 is 35.2 Å². The highest BCUT2D eigenvalue weighted by molar-refractivity contribution is 5.83. The van der Waals surface area contributed by atoms with Crippen LogP contribution in [0.4, 0.5) is 0 Å². The van der Waals surface area contributed by atoms with Crippen molar-refractivity contribution in [3.63, 3.8) is 0 Å². The predicted octanol–water partition coefficient (Wildman–Crippen LogP) is 2.45. The Labute approximate surface area is 201 Å². The molecular formula is C24H29NO10. The minimum absolute atomic E-state index is 0.118. The van der Waals surface area contributed by atoms with Crippen LogP contribution in [-0.4, -0.2) is 52.5 Å². The Hall–Kier alpha value is -4.28. The first kappa shape index (κ1) is 28.8. The number of hydrogen-bond donors (Lipinski definition) is 5. The Kier molecular flexibility index (Phi) is 10.5. The van der Waals surface area contributed by atoms with Crippen LogP contribution >= 0.6 is 0 Å². The number of benzene rings is 1. The number of hydrogen-bond acceptors (Lipinski definition) is 8. The molecule has 0 saturated carbocycles. The molecule has 1 aliphatic rings. The van der Waals surface area contributed by atoms with E-state index in [-0.39, 0.29) is 34.3 Å². The molecule has 0 aliphatic heterocycles. The molecule has 0 radical (unpaired) electrons. The van der Waals surface area contributed by atoms with Gasteiger partial charge in [-0.2, -0.15) is 0 Å². The maximum absolute atomic E-state index is 12.5. The molecule has 0 spiro atoms. The fraction of sp³-hybridized carbons (Fsp3) is 0.333. The first-order valence-electron chi connectivity index (χ1n) is 10.3. The number of amides is 1. The van der Waals surface area contributed by atoms with Gasteiger partial charge in [-0.15, -0.1) is 0 Å². The lowest BCUT2D eigenvalue weighted by atomic mass is 9.95. The third kappa shape index (κ3) is 7.91. The summed E-state index contributed by atoms with van der Waals surface area (Å²) in [5.41, 5.74) is 2.22. The fourth-order valence-corrected chi connectivity index (χ4v) is 3.54. The molecule has 0 unspecified atom stereocenters. The van der Waals surface area contributed by atoms with Gasteiger partial charge in [0.25, 0.3) is 11.9 Å². The Balaban J connectivity index is 0.000000668. The summed E-state index contributed by atoms with van der Waals surface area (Å²) in [5.74, 6) is -2.27. The van der Waals surface area contributed by atoms with Crippen molar-refractivity contribution in [3.05, 3.63) is 45.6 Å². The number of phenolic OH excluding ortho intramolecular Hbond substituents is 2. The minimum atomic E-state index is -0.833. The third-order valence-electron chi connectivity index (χ3n) is 4.71. The van der Waals surface area contributed by atoms with Crippen molar-refractivity contribution in [1.82, 2.24) is 5.32 Å². The van der Waals surface area contributed by atoms with Gasteiger partial charge in [0.2, 0.25) is 17.1 Å². The van der Waals surface area contributed by atoms with Crippen LogP contribution in [0.3, 0.4) is 0 Å². The van der Waals surface area contributed by atoms with Crippen molar-refractivity contribution in [2.75, 3.05) is 14.2 Å². The molecule has 0 fully saturated rings. The molecule has 11 nitrogen and oxygen atoms in total. The summed E-state index contributed by atoms with van der Waals surface area (Å²) >= 11 is 0. The first-order valence-corrected chi connectivity index (χ1v) is 10.3. The van der Waals surface area contributed by atoms with E-state index in [0.29, 0.717) is 29.5 Å². The summed E-state index contributed by atoms with van der Waals surface area (Å²) in [4.78, 5) is 42.2. The van der Waals surface area contributed by atoms with Crippen LogP contribution in [0.15, 0.2) is 29.1 Å².